The first-order valence-electron chi connectivity index (χ1n) is 12.9. The molecule has 0 atom stereocenters. The van der Waals surface area contributed by atoms with Crippen LogP contribution in [0.2, 0.25) is 0 Å². The van der Waals surface area contributed by atoms with Gasteiger partial charge in [-0.1, -0.05) is 70.4 Å². The van der Waals surface area contributed by atoms with Crippen molar-refractivity contribution in [3.8, 4) is 0 Å². The number of allylic oxidation sites excluding steroid dienone is 2. The molecule has 0 aliphatic rings. The molecule has 1 amide bonds. The zero-order valence-corrected chi connectivity index (χ0v) is 20.6. The number of carbonyl (C=O) groups excluding carboxylic acids is 1. The molecule has 30 heavy (non-hydrogen) atoms. The quantitative estimate of drug-likeness (QED) is 0.127. The summed E-state index contributed by atoms with van der Waals surface area (Å²) in [7, 11) is 4.37. The van der Waals surface area contributed by atoms with Crippen molar-refractivity contribution in [2.75, 3.05) is 40.3 Å². The highest BCUT2D eigenvalue weighted by atomic mass is 16.3. The van der Waals surface area contributed by atoms with Gasteiger partial charge in [0.2, 0.25) is 5.91 Å². The molecule has 0 radical (unpaired) electrons. The minimum atomic E-state index is 0.202. The van der Waals surface area contributed by atoms with E-state index in [2.05, 4.69) is 38.5 Å². The van der Waals surface area contributed by atoms with Gasteiger partial charge < -0.3 is 14.9 Å². The van der Waals surface area contributed by atoms with Crippen LogP contribution in [0.1, 0.15) is 110 Å². The van der Waals surface area contributed by atoms with Crippen LogP contribution in [0.25, 0.3) is 0 Å². The van der Waals surface area contributed by atoms with Crippen LogP contribution in [0, 0.1) is 0 Å². The van der Waals surface area contributed by atoms with Gasteiger partial charge >= 0.3 is 0 Å². The minimum absolute atomic E-state index is 0.202. The highest BCUT2D eigenvalue weighted by Gasteiger charge is 2.13. The van der Waals surface area contributed by atoms with Gasteiger partial charge in [0.15, 0.2) is 0 Å². The van der Waals surface area contributed by atoms with E-state index in [1.165, 1.54) is 77.0 Å². The number of unbranched alkanes of at least 4 members (excludes halogenated alkanes) is 11. The fourth-order valence-corrected chi connectivity index (χ4v) is 3.79. The Bertz CT molecular complexity index is 408. The average Bonchev–Trinajstić information content (AvgIpc) is 2.72. The van der Waals surface area contributed by atoms with E-state index in [0.29, 0.717) is 6.42 Å². The number of aliphatic hydroxyl groups is 1. The molecular weight excluding hydrogens is 372 g/mol. The molecule has 0 saturated carbocycles. The first kappa shape index (κ1) is 29.1. The molecule has 178 valence electrons. The summed E-state index contributed by atoms with van der Waals surface area (Å²) < 4.78 is 0.907. The molecule has 0 aliphatic carbocycles. The Morgan fingerprint density at radius 3 is 1.90 bits per heavy atom. The Labute approximate surface area is 188 Å². The van der Waals surface area contributed by atoms with Crippen molar-refractivity contribution in [2.45, 2.75) is 110 Å². The summed E-state index contributed by atoms with van der Waals surface area (Å²) in [5, 5.41) is 12.0. The smallest absolute Gasteiger partial charge is 0.219 e. The van der Waals surface area contributed by atoms with Gasteiger partial charge in [0.25, 0.3) is 0 Å². The normalized spacial score (nSPS) is 12.0. The molecular formula is C26H53N2O2+. The van der Waals surface area contributed by atoms with Crippen molar-refractivity contribution in [1.29, 1.82) is 0 Å². The van der Waals surface area contributed by atoms with E-state index in [-0.39, 0.29) is 12.5 Å². The van der Waals surface area contributed by atoms with Gasteiger partial charge in [0, 0.05) is 32.4 Å². The first-order valence-corrected chi connectivity index (χ1v) is 12.9. The molecule has 4 heteroatoms. The van der Waals surface area contributed by atoms with E-state index in [4.69, 9.17) is 5.11 Å². The van der Waals surface area contributed by atoms with Crippen molar-refractivity contribution in [3.05, 3.63) is 12.2 Å². The lowest BCUT2D eigenvalue weighted by Crippen LogP contribution is -2.42. The number of rotatable bonds is 22. The van der Waals surface area contributed by atoms with E-state index in [9.17, 15) is 4.79 Å². The zero-order valence-electron chi connectivity index (χ0n) is 20.6. The standard InChI is InChI=1S/C26H52N2O2/c1-4-5-6-7-8-9-10-11-12-13-14-15-16-17-18-21-26(30)27-22-19-23-28(2,3)24-20-25-29/h11-12,29H,4-10,13-25H2,1-3H3/p+1/b12-11-. The van der Waals surface area contributed by atoms with Gasteiger partial charge in [-0.25, -0.2) is 0 Å². The highest BCUT2D eigenvalue weighted by molar-refractivity contribution is 5.75. The van der Waals surface area contributed by atoms with E-state index in [0.717, 1.165) is 43.4 Å². The molecule has 0 aliphatic heterocycles. The maximum absolute atomic E-state index is 11.9. The molecule has 0 aromatic carbocycles. The SMILES string of the molecule is CCCCCCCC/C=C\CCCCCCCC(=O)NCCC[N+](C)(C)CCCO. The Morgan fingerprint density at radius 1 is 0.767 bits per heavy atom. The van der Waals surface area contributed by atoms with Crippen molar-refractivity contribution >= 4 is 5.91 Å². The molecule has 0 rings (SSSR count). The van der Waals surface area contributed by atoms with Gasteiger partial charge in [-0.2, -0.15) is 0 Å². The Morgan fingerprint density at radius 2 is 1.30 bits per heavy atom. The summed E-state index contributed by atoms with van der Waals surface area (Å²) >= 11 is 0. The van der Waals surface area contributed by atoms with Gasteiger partial charge in [-0.3, -0.25) is 4.79 Å². The van der Waals surface area contributed by atoms with Gasteiger partial charge in [-0.15, -0.1) is 0 Å². The molecule has 0 bridgehead atoms. The number of nitrogens with one attached hydrogen (secondary N) is 1. The summed E-state index contributed by atoms with van der Waals surface area (Å²) in [6, 6.07) is 0. The topological polar surface area (TPSA) is 49.3 Å². The molecule has 0 aromatic rings. The van der Waals surface area contributed by atoms with Crippen molar-refractivity contribution in [3.63, 3.8) is 0 Å². The highest BCUT2D eigenvalue weighted by Crippen LogP contribution is 2.10. The predicted octanol–water partition coefficient (Wildman–Crippen LogP) is 5.99. The maximum atomic E-state index is 11.9. The van der Waals surface area contributed by atoms with E-state index >= 15 is 0 Å². The van der Waals surface area contributed by atoms with Gasteiger partial charge in [-0.05, 0) is 32.1 Å². The lowest BCUT2D eigenvalue weighted by atomic mass is 10.1. The minimum Gasteiger partial charge on any atom is -0.396 e. The van der Waals surface area contributed by atoms with E-state index in [1.54, 1.807) is 0 Å². The second-order valence-corrected chi connectivity index (χ2v) is 9.50. The van der Waals surface area contributed by atoms with E-state index < -0.39 is 0 Å². The lowest BCUT2D eigenvalue weighted by molar-refractivity contribution is -0.890. The molecule has 0 unspecified atom stereocenters. The van der Waals surface area contributed by atoms with Crippen LogP contribution in [0.3, 0.4) is 0 Å². The zero-order chi connectivity index (χ0) is 22.3. The summed E-state index contributed by atoms with van der Waals surface area (Å²) in [5.74, 6) is 0.202. The first-order chi connectivity index (χ1) is 14.5. The Balaban J connectivity index is 3.36. The van der Waals surface area contributed by atoms with Crippen molar-refractivity contribution in [1.82, 2.24) is 5.32 Å². The number of carbonyl (C=O) groups is 1. The van der Waals surface area contributed by atoms with Crippen LogP contribution < -0.4 is 5.32 Å². The molecule has 2 N–H and O–H groups in total. The van der Waals surface area contributed by atoms with Crippen LogP contribution in [0.5, 0.6) is 0 Å². The number of hydrogen-bond donors (Lipinski definition) is 2. The molecule has 0 aromatic heterocycles. The van der Waals surface area contributed by atoms with Gasteiger partial charge in [0.1, 0.15) is 0 Å². The summed E-state index contributed by atoms with van der Waals surface area (Å²) in [5.41, 5.74) is 0. The third kappa shape index (κ3) is 21.8. The van der Waals surface area contributed by atoms with Gasteiger partial charge in [0.05, 0.1) is 27.2 Å². The summed E-state index contributed by atoms with van der Waals surface area (Å²) in [6.45, 7) is 5.32. The number of quaternary nitrogens is 1. The largest absolute Gasteiger partial charge is 0.396 e. The number of nitrogens with zero attached hydrogens (tertiary/aromatic N) is 1. The monoisotopic (exact) mass is 425 g/mol. The predicted molar refractivity (Wildman–Crippen MR) is 131 cm³/mol. The van der Waals surface area contributed by atoms with Crippen LogP contribution in [0.15, 0.2) is 12.2 Å². The van der Waals surface area contributed by atoms with Crippen LogP contribution in [-0.4, -0.2) is 55.8 Å². The van der Waals surface area contributed by atoms with Crippen LogP contribution in [0.4, 0.5) is 0 Å². The second kappa shape index (κ2) is 21.4. The third-order valence-corrected chi connectivity index (χ3v) is 5.85. The number of amides is 1. The molecule has 4 nitrogen and oxygen atoms in total. The average molecular weight is 426 g/mol. The van der Waals surface area contributed by atoms with Crippen molar-refractivity contribution in [2.24, 2.45) is 0 Å². The molecule has 0 saturated heterocycles. The molecule has 0 spiro atoms. The van der Waals surface area contributed by atoms with Crippen LogP contribution >= 0.6 is 0 Å². The maximum Gasteiger partial charge on any atom is 0.219 e. The van der Waals surface area contributed by atoms with Crippen LogP contribution in [-0.2, 0) is 4.79 Å². The fourth-order valence-electron chi connectivity index (χ4n) is 3.79. The van der Waals surface area contributed by atoms with E-state index in [1.807, 2.05) is 0 Å². The summed E-state index contributed by atoms with van der Waals surface area (Å²) in [6.07, 6.45) is 24.0. The van der Waals surface area contributed by atoms with Crippen molar-refractivity contribution < 1.29 is 14.4 Å². The molecule has 0 heterocycles. The Hall–Kier alpha value is -0.870. The second-order valence-electron chi connectivity index (χ2n) is 9.50. The number of aliphatic hydroxyl groups excluding tert-OH is 1. The molecule has 0 fully saturated rings. The Kier molecular flexibility index (Phi) is 20.7. The lowest BCUT2D eigenvalue weighted by Gasteiger charge is -2.29. The fraction of sp³-hybridized carbons (Fsp3) is 0.885. The summed E-state index contributed by atoms with van der Waals surface area (Å²) in [4.78, 5) is 11.9. The third-order valence-electron chi connectivity index (χ3n) is 5.85. The number of hydrogen-bond acceptors (Lipinski definition) is 2.